The van der Waals surface area contributed by atoms with Gasteiger partial charge in [0.15, 0.2) is 5.78 Å². The van der Waals surface area contributed by atoms with Crippen molar-refractivity contribution in [2.45, 2.75) is 85.4 Å². The van der Waals surface area contributed by atoms with Crippen LogP contribution in [0, 0.1) is 52.3 Å². The van der Waals surface area contributed by atoms with Crippen molar-refractivity contribution in [2.24, 2.45) is 52.3 Å². The molecule has 0 aromatic rings. The van der Waals surface area contributed by atoms with E-state index in [4.69, 9.17) is 9.47 Å². The molecule has 11 atom stereocenters. The van der Waals surface area contributed by atoms with Gasteiger partial charge in [-0.25, -0.2) is 0 Å². The molecule has 3 saturated carbocycles. The third-order valence-electron chi connectivity index (χ3n) is 11.3. The Balaban J connectivity index is 1.44. The second kappa shape index (κ2) is 9.11. The second-order valence-corrected chi connectivity index (χ2v) is 12.7. The van der Waals surface area contributed by atoms with E-state index in [0.717, 1.165) is 38.5 Å². The molecule has 0 aromatic heterocycles. The Morgan fingerprint density at radius 2 is 1.94 bits per heavy atom. The smallest absolute Gasteiger partial charge is 0.309 e. The Morgan fingerprint density at radius 1 is 1.19 bits per heavy atom. The number of ketones is 1. The molecule has 1 N–H and O–H groups in total. The highest BCUT2D eigenvalue weighted by Crippen LogP contribution is 2.67. The molecule has 36 heavy (non-hydrogen) atoms. The van der Waals surface area contributed by atoms with E-state index in [1.54, 1.807) is 6.08 Å². The van der Waals surface area contributed by atoms with Crippen molar-refractivity contribution in [1.82, 2.24) is 0 Å². The van der Waals surface area contributed by atoms with Crippen molar-refractivity contribution in [3.05, 3.63) is 23.8 Å². The second-order valence-electron chi connectivity index (χ2n) is 12.7. The van der Waals surface area contributed by atoms with Crippen LogP contribution in [0.1, 0.15) is 73.1 Å². The number of aliphatic hydroxyl groups excluding tert-OH is 1. The molecule has 0 spiro atoms. The van der Waals surface area contributed by atoms with E-state index in [9.17, 15) is 19.5 Å². The van der Waals surface area contributed by atoms with Gasteiger partial charge in [-0.2, -0.15) is 0 Å². The molecule has 198 valence electrons. The van der Waals surface area contributed by atoms with Crippen LogP contribution in [0.2, 0.25) is 0 Å². The molecular formula is C30H42O6. The molecule has 1 saturated heterocycles. The van der Waals surface area contributed by atoms with Crippen molar-refractivity contribution in [3.63, 3.8) is 0 Å². The largest absolute Gasteiger partial charge is 0.465 e. The van der Waals surface area contributed by atoms with Crippen LogP contribution in [0.3, 0.4) is 0 Å². The van der Waals surface area contributed by atoms with Gasteiger partial charge in [0.1, 0.15) is 6.10 Å². The van der Waals surface area contributed by atoms with Gasteiger partial charge >= 0.3 is 11.9 Å². The van der Waals surface area contributed by atoms with Crippen LogP contribution in [0.5, 0.6) is 0 Å². The predicted octanol–water partition coefficient (Wildman–Crippen LogP) is 4.65. The summed E-state index contributed by atoms with van der Waals surface area (Å²) in [7, 11) is 0. The molecule has 5 aliphatic rings. The lowest BCUT2D eigenvalue weighted by Crippen LogP contribution is -2.54. The van der Waals surface area contributed by atoms with E-state index in [-0.39, 0.29) is 52.2 Å². The SMILES string of the molecule is CC(=O)OC[C@@]12CC[C@H]3[C@H](CCC4=CC(=O)C=C[C@@]43C)[C@@H]1CC[C@H]2[C@H](C)[C@H](O)[C@@H]1OC(=O)[C@H](C)[C@H]1C. The number of carbonyl (C=O) groups excluding carboxylic acids is 3. The highest BCUT2D eigenvalue weighted by atomic mass is 16.6. The number of rotatable bonds is 5. The Labute approximate surface area is 214 Å². The summed E-state index contributed by atoms with van der Waals surface area (Å²) in [5.41, 5.74) is 1.00. The number of aliphatic hydroxyl groups is 1. The highest BCUT2D eigenvalue weighted by Gasteiger charge is 2.62. The summed E-state index contributed by atoms with van der Waals surface area (Å²) in [6.45, 7) is 10.1. The summed E-state index contributed by atoms with van der Waals surface area (Å²) in [4.78, 5) is 36.3. The van der Waals surface area contributed by atoms with E-state index >= 15 is 0 Å². The number of allylic oxidation sites excluding steroid dienone is 4. The van der Waals surface area contributed by atoms with E-state index in [2.05, 4.69) is 19.9 Å². The molecule has 0 unspecified atom stereocenters. The number of hydrogen-bond donors (Lipinski definition) is 1. The molecule has 0 bridgehead atoms. The molecule has 4 aliphatic carbocycles. The first-order chi connectivity index (χ1) is 17.0. The summed E-state index contributed by atoms with van der Waals surface area (Å²) in [6.07, 6.45) is 10.5. The van der Waals surface area contributed by atoms with Crippen molar-refractivity contribution < 1.29 is 29.0 Å². The average Bonchev–Trinajstić information content (AvgIpc) is 3.35. The maximum absolute atomic E-state index is 12.2. The lowest BCUT2D eigenvalue weighted by atomic mass is 9.47. The quantitative estimate of drug-likeness (QED) is 0.555. The summed E-state index contributed by atoms with van der Waals surface area (Å²) in [6, 6.07) is 0. The zero-order valence-electron chi connectivity index (χ0n) is 22.4. The number of carbonyl (C=O) groups is 3. The fourth-order valence-electron chi connectivity index (χ4n) is 9.12. The summed E-state index contributed by atoms with van der Waals surface area (Å²) in [5.74, 6) is 0.850. The average molecular weight is 499 g/mol. The van der Waals surface area contributed by atoms with Crippen LogP contribution >= 0.6 is 0 Å². The van der Waals surface area contributed by atoms with Gasteiger partial charge in [0.2, 0.25) is 0 Å². The number of hydrogen-bond acceptors (Lipinski definition) is 6. The van der Waals surface area contributed by atoms with Gasteiger partial charge in [-0.1, -0.05) is 39.3 Å². The zero-order valence-corrected chi connectivity index (χ0v) is 22.4. The van der Waals surface area contributed by atoms with Crippen LogP contribution in [0.15, 0.2) is 23.8 Å². The fraction of sp³-hybridized carbons (Fsp3) is 0.767. The van der Waals surface area contributed by atoms with E-state index in [1.165, 1.54) is 12.5 Å². The van der Waals surface area contributed by atoms with Crippen LogP contribution in [0.25, 0.3) is 0 Å². The Morgan fingerprint density at radius 3 is 2.61 bits per heavy atom. The van der Waals surface area contributed by atoms with Gasteiger partial charge in [0, 0.05) is 23.7 Å². The number of ether oxygens (including phenoxy) is 2. The van der Waals surface area contributed by atoms with Crippen LogP contribution in [-0.2, 0) is 23.9 Å². The topological polar surface area (TPSA) is 89.9 Å². The zero-order chi connectivity index (χ0) is 26.0. The Kier molecular flexibility index (Phi) is 6.50. The molecule has 0 amide bonds. The summed E-state index contributed by atoms with van der Waals surface area (Å²) in [5, 5.41) is 11.5. The standard InChI is InChI=1S/C30H42O6/c1-16-17(2)28(34)36-27(16)26(33)18(3)23-8-9-25-22-7-6-20-14-21(32)10-12-29(20,5)24(22)11-13-30(23,25)15-35-19(4)31/h10,12,14,16-18,22-27,33H,6-9,11,13,15H2,1-5H3/t16-,17-,18+,22+,23+,24+,25+,26+,27-,29+,30-/m1/s1. The minimum atomic E-state index is -0.740. The maximum atomic E-state index is 12.2. The minimum absolute atomic E-state index is 0.0309. The lowest BCUT2D eigenvalue weighted by molar-refractivity contribution is -0.160. The van der Waals surface area contributed by atoms with Crippen molar-refractivity contribution in [3.8, 4) is 0 Å². The molecule has 6 nitrogen and oxygen atoms in total. The van der Waals surface area contributed by atoms with Gasteiger partial charge in [-0.15, -0.1) is 0 Å². The van der Waals surface area contributed by atoms with Crippen molar-refractivity contribution in [2.75, 3.05) is 6.61 Å². The first kappa shape index (κ1) is 25.7. The molecule has 4 fully saturated rings. The van der Waals surface area contributed by atoms with E-state index in [0.29, 0.717) is 24.4 Å². The van der Waals surface area contributed by atoms with Gasteiger partial charge in [0.05, 0.1) is 18.6 Å². The Bertz CT molecular complexity index is 997. The van der Waals surface area contributed by atoms with E-state index in [1.807, 2.05) is 19.9 Å². The van der Waals surface area contributed by atoms with Gasteiger partial charge in [0.25, 0.3) is 0 Å². The molecule has 0 aromatic carbocycles. The first-order valence-corrected chi connectivity index (χ1v) is 14.0. The van der Waals surface area contributed by atoms with Crippen LogP contribution in [-0.4, -0.2) is 41.6 Å². The number of fused-ring (bicyclic) bond motifs is 5. The maximum Gasteiger partial charge on any atom is 0.309 e. The normalized spacial score (nSPS) is 45.2. The third-order valence-corrected chi connectivity index (χ3v) is 11.3. The third kappa shape index (κ3) is 3.81. The predicted molar refractivity (Wildman–Crippen MR) is 134 cm³/mol. The van der Waals surface area contributed by atoms with Gasteiger partial charge < -0.3 is 14.6 Å². The monoisotopic (exact) mass is 498 g/mol. The molecule has 0 radical (unpaired) electrons. The van der Waals surface area contributed by atoms with E-state index < -0.39 is 12.2 Å². The number of esters is 2. The molecule has 5 rings (SSSR count). The molecule has 6 heteroatoms. The molecular weight excluding hydrogens is 456 g/mol. The van der Waals surface area contributed by atoms with Crippen LogP contribution in [0.4, 0.5) is 0 Å². The minimum Gasteiger partial charge on any atom is -0.465 e. The van der Waals surface area contributed by atoms with Crippen molar-refractivity contribution >= 4 is 17.7 Å². The van der Waals surface area contributed by atoms with Gasteiger partial charge in [-0.3, -0.25) is 14.4 Å². The Hall–Kier alpha value is -1.95. The van der Waals surface area contributed by atoms with Crippen LogP contribution < -0.4 is 0 Å². The summed E-state index contributed by atoms with van der Waals surface area (Å²) < 4.78 is 11.4. The molecule has 1 heterocycles. The highest BCUT2D eigenvalue weighted by molar-refractivity contribution is 6.01. The summed E-state index contributed by atoms with van der Waals surface area (Å²) >= 11 is 0. The fourth-order valence-corrected chi connectivity index (χ4v) is 9.12. The first-order valence-electron chi connectivity index (χ1n) is 14.0. The van der Waals surface area contributed by atoms with Gasteiger partial charge in [-0.05, 0) is 80.3 Å². The number of cyclic esters (lactones) is 1. The lowest BCUT2D eigenvalue weighted by Gasteiger charge is -2.58. The molecule has 1 aliphatic heterocycles. The van der Waals surface area contributed by atoms with Crippen molar-refractivity contribution in [1.29, 1.82) is 0 Å².